The molecular formula is C23H30FN5O2. The van der Waals surface area contributed by atoms with E-state index in [4.69, 9.17) is 4.74 Å². The SMILES string of the molecule is Cc1cnc(C)c(-c2cc(F)c3c(c2)CC(CNC(=O)C2CC(CC(C)C)NN2)O3)n1. The van der Waals surface area contributed by atoms with Gasteiger partial charge in [0, 0.05) is 29.8 Å². The number of fused-ring (bicyclic) bond motifs is 1. The lowest BCUT2D eigenvalue weighted by molar-refractivity contribution is -0.123. The van der Waals surface area contributed by atoms with Crippen molar-refractivity contribution in [3.63, 3.8) is 0 Å². The number of ether oxygens (including phenoxy) is 1. The summed E-state index contributed by atoms with van der Waals surface area (Å²) in [6.07, 6.45) is 3.71. The molecule has 166 valence electrons. The van der Waals surface area contributed by atoms with Crippen molar-refractivity contribution in [3.8, 4) is 17.0 Å². The summed E-state index contributed by atoms with van der Waals surface area (Å²) in [5, 5.41) is 2.95. The largest absolute Gasteiger partial charge is 0.485 e. The Morgan fingerprint density at radius 2 is 2.13 bits per heavy atom. The molecule has 7 nitrogen and oxygen atoms in total. The van der Waals surface area contributed by atoms with E-state index in [0.717, 1.165) is 29.8 Å². The highest BCUT2D eigenvalue weighted by molar-refractivity contribution is 5.82. The van der Waals surface area contributed by atoms with Crippen LogP contribution in [0.5, 0.6) is 5.75 Å². The lowest BCUT2D eigenvalue weighted by atomic mass is 10.00. The zero-order valence-electron chi connectivity index (χ0n) is 18.5. The van der Waals surface area contributed by atoms with Gasteiger partial charge in [0.2, 0.25) is 5.91 Å². The summed E-state index contributed by atoms with van der Waals surface area (Å²) >= 11 is 0. The van der Waals surface area contributed by atoms with Crippen LogP contribution in [0, 0.1) is 25.6 Å². The second kappa shape index (κ2) is 8.88. The van der Waals surface area contributed by atoms with Crippen molar-refractivity contribution in [2.75, 3.05) is 6.54 Å². The maximum Gasteiger partial charge on any atom is 0.238 e. The molecule has 3 atom stereocenters. The number of aromatic nitrogens is 2. The molecule has 3 unspecified atom stereocenters. The minimum absolute atomic E-state index is 0.0647. The first-order valence-electron chi connectivity index (χ1n) is 10.9. The van der Waals surface area contributed by atoms with Gasteiger partial charge in [-0.3, -0.25) is 15.2 Å². The topological polar surface area (TPSA) is 88.2 Å². The Kier molecular flexibility index (Phi) is 6.20. The van der Waals surface area contributed by atoms with Crippen LogP contribution in [0.4, 0.5) is 4.39 Å². The molecule has 1 aromatic carbocycles. The molecule has 0 radical (unpaired) electrons. The Labute approximate surface area is 182 Å². The fourth-order valence-corrected chi connectivity index (χ4v) is 4.30. The van der Waals surface area contributed by atoms with E-state index >= 15 is 0 Å². The number of benzene rings is 1. The number of aryl methyl sites for hydroxylation is 2. The first kappa shape index (κ1) is 21.6. The molecular weight excluding hydrogens is 397 g/mol. The molecule has 1 aromatic heterocycles. The van der Waals surface area contributed by atoms with E-state index in [1.54, 1.807) is 6.20 Å². The van der Waals surface area contributed by atoms with Crippen LogP contribution < -0.4 is 20.9 Å². The van der Waals surface area contributed by atoms with Gasteiger partial charge in [-0.25, -0.2) is 14.8 Å². The van der Waals surface area contributed by atoms with Crippen molar-refractivity contribution < 1.29 is 13.9 Å². The van der Waals surface area contributed by atoms with E-state index in [2.05, 4.69) is 40.0 Å². The lowest BCUT2D eigenvalue weighted by Gasteiger charge is -2.15. The predicted octanol–water partition coefficient (Wildman–Crippen LogP) is 2.60. The van der Waals surface area contributed by atoms with Crippen LogP contribution in [0.3, 0.4) is 0 Å². The second-order valence-electron chi connectivity index (χ2n) is 8.98. The number of hydrogen-bond acceptors (Lipinski definition) is 6. The van der Waals surface area contributed by atoms with Gasteiger partial charge < -0.3 is 10.1 Å². The fraction of sp³-hybridized carbons (Fsp3) is 0.522. The van der Waals surface area contributed by atoms with Crippen molar-refractivity contribution in [3.05, 3.63) is 41.1 Å². The molecule has 3 heterocycles. The molecule has 2 aromatic rings. The van der Waals surface area contributed by atoms with Crippen LogP contribution in [0.1, 0.15) is 43.6 Å². The Balaban J connectivity index is 1.37. The van der Waals surface area contributed by atoms with Crippen LogP contribution in [0.15, 0.2) is 18.3 Å². The minimum atomic E-state index is -0.415. The number of amides is 1. The van der Waals surface area contributed by atoms with E-state index in [-0.39, 0.29) is 23.8 Å². The molecule has 1 fully saturated rings. The highest BCUT2D eigenvalue weighted by Crippen LogP contribution is 2.36. The van der Waals surface area contributed by atoms with E-state index in [1.165, 1.54) is 6.07 Å². The predicted molar refractivity (Wildman–Crippen MR) is 116 cm³/mol. The third-order valence-electron chi connectivity index (χ3n) is 5.76. The molecule has 2 aliphatic heterocycles. The number of rotatable bonds is 6. The third kappa shape index (κ3) is 4.85. The van der Waals surface area contributed by atoms with Crippen LogP contribution in [-0.2, 0) is 11.2 Å². The molecule has 1 saturated heterocycles. The standard InChI is InChI=1S/C23H30FN5O2/c1-12(2)5-17-9-20(29-28-17)23(30)26-11-18-7-16-6-15(8-19(24)22(16)31-18)21-14(4)25-10-13(3)27-21/h6,8,10,12,17-18,20,28-29H,5,7,9,11H2,1-4H3,(H,26,30). The van der Waals surface area contributed by atoms with Gasteiger partial charge in [0.25, 0.3) is 0 Å². The van der Waals surface area contributed by atoms with Crippen LogP contribution in [0.25, 0.3) is 11.3 Å². The molecule has 0 bridgehead atoms. The molecule has 2 aliphatic rings. The number of hydrazine groups is 1. The number of hydrogen-bond donors (Lipinski definition) is 3. The second-order valence-corrected chi connectivity index (χ2v) is 8.98. The van der Waals surface area contributed by atoms with E-state index in [9.17, 15) is 9.18 Å². The van der Waals surface area contributed by atoms with Crippen molar-refractivity contribution in [1.29, 1.82) is 0 Å². The maximum absolute atomic E-state index is 14.8. The molecule has 8 heteroatoms. The van der Waals surface area contributed by atoms with Crippen molar-refractivity contribution in [1.82, 2.24) is 26.1 Å². The molecule has 0 aliphatic carbocycles. The van der Waals surface area contributed by atoms with Gasteiger partial charge in [0.15, 0.2) is 11.6 Å². The monoisotopic (exact) mass is 427 g/mol. The van der Waals surface area contributed by atoms with Gasteiger partial charge in [-0.15, -0.1) is 0 Å². The average Bonchev–Trinajstić information content (AvgIpc) is 3.34. The Hall–Kier alpha value is -2.58. The molecule has 4 rings (SSSR count). The first-order chi connectivity index (χ1) is 14.8. The molecule has 3 N–H and O–H groups in total. The number of carbonyl (C=O) groups is 1. The molecule has 31 heavy (non-hydrogen) atoms. The summed E-state index contributed by atoms with van der Waals surface area (Å²) in [6, 6.07) is 3.39. The first-order valence-corrected chi connectivity index (χ1v) is 10.9. The number of carbonyl (C=O) groups excluding carboxylic acids is 1. The summed E-state index contributed by atoms with van der Waals surface area (Å²) in [5.41, 5.74) is 9.95. The summed E-state index contributed by atoms with van der Waals surface area (Å²) in [6.45, 7) is 8.39. The van der Waals surface area contributed by atoms with Crippen molar-refractivity contribution in [2.45, 2.75) is 65.1 Å². The van der Waals surface area contributed by atoms with Gasteiger partial charge in [0.1, 0.15) is 12.1 Å². The minimum Gasteiger partial charge on any atom is -0.485 e. The number of nitrogens with one attached hydrogen (secondary N) is 3. The summed E-state index contributed by atoms with van der Waals surface area (Å²) in [7, 11) is 0. The van der Waals surface area contributed by atoms with Crippen LogP contribution in [-0.4, -0.2) is 40.6 Å². The summed E-state index contributed by atoms with van der Waals surface area (Å²) < 4.78 is 20.6. The number of nitrogens with zero attached hydrogens (tertiary/aromatic N) is 2. The normalized spacial score (nSPS) is 22.5. The molecule has 0 saturated carbocycles. The Morgan fingerprint density at radius 3 is 2.90 bits per heavy atom. The van der Waals surface area contributed by atoms with Crippen LogP contribution >= 0.6 is 0 Å². The summed E-state index contributed by atoms with van der Waals surface area (Å²) in [4.78, 5) is 21.4. The van der Waals surface area contributed by atoms with Gasteiger partial charge in [-0.1, -0.05) is 13.8 Å². The fourth-order valence-electron chi connectivity index (χ4n) is 4.30. The van der Waals surface area contributed by atoms with Gasteiger partial charge in [-0.05, 0) is 44.7 Å². The zero-order chi connectivity index (χ0) is 22.1. The van der Waals surface area contributed by atoms with E-state index in [1.807, 2.05) is 19.9 Å². The smallest absolute Gasteiger partial charge is 0.238 e. The van der Waals surface area contributed by atoms with Gasteiger partial charge >= 0.3 is 0 Å². The quantitative estimate of drug-likeness (QED) is 0.657. The Bertz CT molecular complexity index is 981. The maximum atomic E-state index is 14.8. The molecule has 0 spiro atoms. The zero-order valence-corrected chi connectivity index (χ0v) is 18.5. The van der Waals surface area contributed by atoms with Gasteiger partial charge in [0.05, 0.1) is 23.6 Å². The highest BCUT2D eigenvalue weighted by Gasteiger charge is 2.31. The van der Waals surface area contributed by atoms with Crippen molar-refractivity contribution in [2.24, 2.45) is 5.92 Å². The average molecular weight is 428 g/mol. The van der Waals surface area contributed by atoms with Gasteiger partial charge in [-0.2, -0.15) is 0 Å². The van der Waals surface area contributed by atoms with E-state index in [0.29, 0.717) is 36.2 Å². The Morgan fingerprint density at radius 1 is 1.32 bits per heavy atom. The number of halogens is 1. The lowest BCUT2D eigenvalue weighted by Crippen LogP contribution is -2.46. The summed E-state index contributed by atoms with van der Waals surface area (Å²) in [5.74, 6) is 0.354. The molecule has 1 amide bonds. The van der Waals surface area contributed by atoms with E-state index < -0.39 is 5.82 Å². The van der Waals surface area contributed by atoms with Crippen molar-refractivity contribution >= 4 is 5.91 Å². The highest BCUT2D eigenvalue weighted by atomic mass is 19.1. The third-order valence-corrected chi connectivity index (χ3v) is 5.76. The van der Waals surface area contributed by atoms with Crippen LogP contribution in [0.2, 0.25) is 0 Å².